The second kappa shape index (κ2) is 7.97. The van der Waals surface area contributed by atoms with Crippen molar-refractivity contribution in [3.8, 4) is 0 Å². The Kier molecular flexibility index (Phi) is 5.74. The van der Waals surface area contributed by atoms with Crippen LogP contribution in [0.2, 0.25) is 0 Å². The van der Waals surface area contributed by atoms with Crippen molar-refractivity contribution >= 4 is 17.6 Å². The van der Waals surface area contributed by atoms with Crippen LogP contribution in [0.4, 0.5) is 5.82 Å². The summed E-state index contributed by atoms with van der Waals surface area (Å²) >= 11 is 0. The highest BCUT2D eigenvalue weighted by atomic mass is 16.5. The van der Waals surface area contributed by atoms with Gasteiger partial charge in [0.25, 0.3) is 5.56 Å². The molecule has 0 aliphatic heterocycles. The minimum absolute atomic E-state index is 0.0741. The number of hydrogen-bond acceptors (Lipinski definition) is 6. The molecule has 2 aromatic rings. The van der Waals surface area contributed by atoms with Crippen LogP contribution < -0.4 is 17.0 Å². The summed E-state index contributed by atoms with van der Waals surface area (Å²) in [5, 5.41) is 0. The summed E-state index contributed by atoms with van der Waals surface area (Å²) in [5.74, 6) is -1.50. The van der Waals surface area contributed by atoms with Crippen molar-refractivity contribution in [3.63, 3.8) is 0 Å². The lowest BCUT2D eigenvalue weighted by Crippen LogP contribution is -2.43. The molecule has 0 saturated heterocycles. The molecule has 0 atom stereocenters. The lowest BCUT2D eigenvalue weighted by molar-refractivity contribution is 0.0473. The summed E-state index contributed by atoms with van der Waals surface area (Å²) in [7, 11) is 1.29. The van der Waals surface area contributed by atoms with E-state index in [0.717, 1.165) is 28.8 Å². The standard InChI is InChI=1S/C21H28N4O5/c1-11(2)9-24-18(22)17(19(27)23(5)21(24)29)16(26)10-30-20(28)15-8-12(3)25(13(15)4)14-6-7-14/h8,11,14H,6-7,9-10,22H2,1-5H3. The molecule has 3 rings (SSSR count). The Morgan fingerprint density at radius 3 is 2.43 bits per heavy atom. The van der Waals surface area contributed by atoms with Crippen LogP contribution in [0.3, 0.4) is 0 Å². The summed E-state index contributed by atoms with van der Waals surface area (Å²) in [5.41, 5.74) is 6.43. The molecule has 2 N–H and O–H groups in total. The first-order valence-corrected chi connectivity index (χ1v) is 10.0. The number of hydrogen-bond donors (Lipinski definition) is 1. The minimum Gasteiger partial charge on any atom is -0.454 e. The number of nitrogens with two attached hydrogens (primary N) is 1. The van der Waals surface area contributed by atoms with E-state index in [2.05, 4.69) is 4.57 Å². The third-order valence-corrected chi connectivity index (χ3v) is 5.36. The number of nitrogens with zero attached hydrogens (tertiary/aromatic N) is 3. The molecule has 0 amide bonds. The van der Waals surface area contributed by atoms with Crippen molar-refractivity contribution in [1.29, 1.82) is 0 Å². The largest absolute Gasteiger partial charge is 0.454 e. The Morgan fingerprint density at radius 1 is 1.23 bits per heavy atom. The van der Waals surface area contributed by atoms with Crippen LogP contribution in [0.1, 0.15) is 64.8 Å². The molecular formula is C21H28N4O5. The van der Waals surface area contributed by atoms with E-state index in [0.29, 0.717) is 11.6 Å². The van der Waals surface area contributed by atoms with Gasteiger partial charge >= 0.3 is 11.7 Å². The highest BCUT2D eigenvalue weighted by Crippen LogP contribution is 2.38. The highest BCUT2D eigenvalue weighted by molar-refractivity contribution is 6.02. The quantitative estimate of drug-likeness (QED) is 0.541. The van der Waals surface area contributed by atoms with Gasteiger partial charge in [-0.1, -0.05) is 13.8 Å². The first kappa shape index (κ1) is 21.6. The van der Waals surface area contributed by atoms with Crippen molar-refractivity contribution < 1.29 is 14.3 Å². The molecule has 2 heterocycles. The Labute approximate surface area is 174 Å². The Hall–Kier alpha value is -3.10. The summed E-state index contributed by atoms with van der Waals surface area (Å²) in [6, 6.07) is 2.16. The lowest BCUT2D eigenvalue weighted by Gasteiger charge is -2.16. The van der Waals surface area contributed by atoms with Gasteiger partial charge in [0.15, 0.2) is 6.61 Å². The number of esters is 1. The molecule has 0 radical (unpaired) electrons. The van der Waals surface area contributed by atoms with Gasteiger partial charge in [-0.2, -0.15) is 0 Å². The maximum absolute atomic E-state index is 12.7. The Bertz CT molecular complexity index is 1130. The first-order chi connectivity index (χ1) is 14.0. The van der Waals surface area contributed by atoms with Gasteiger partial charge in [0.1, 0.15) is 11.4 Å². The number of aryl methyl sites for hydroxylation is 1. The van der Waals surface area contributed by atoms with Gasteiger partial charge in [-0.15, -0.1) is 0 Å². The number of ether oxygens (including phenoxy) is 1. The minimum atomic E-state index is -0.800. The number of carbonyl (C=O) groups is 2. The van der Waals surface area contributed by atoms with Crippen molar-refractivity contribution in [1.82, 2.24) is 13.7 Å². The molecule has 0 unspecified atom stereocenters. The van der Waals surface area contributed by atoms with Crippen molar-refractivity contribution in [2.75, 3.05) is 12.3 Å². The second-order valence-corrected chi connectivity index (χ2v) is 8.30. The van der Waals surface area contributed by atoms with Gasteiger partial charge in [0, 0.05) is 31.0 Å². The molecule has 1 aliphatic rings. The fourth-order valence-electron chi connectivity index (χ4n) is 3.75. The monoisotopic (exact) mass is 416 g/mol. The molecule has 9 heteroatoms. The van der Waals surface area contributed by atoms with E-state index >= 15 is 0 Å². The predicted molar refractivity (Wildman–Crippen MR) is 112 cm³/mol. The summed E-state index contributed by atoms with van der Waals surface area (Å²) in [4.78, 5) is 50.1. The number of anilines is 1. The molecule has 1 aliphatic carbocycles. The van der Waals surface area contributed by atoms with E-state index in [-0.39, 0.29) is 23.8 Å². The maximum atomic E-state index is 12.7. The Balaban J connectivity index is 1.84. The number of nitrogen functional groups attached to an aromatic ring is 1. The number of Topliss-reactive ketones (excluding diaryl/α,β-unsaturated/α-hetero) is 1. The molecule has 162 valence electrons. The van der Waals surface area contributed by atoms with E-state index in [1.165, 1.54) is 11.6 Å². The van der Waals surface area contributed by atoms with Crippen molar-refractivity contribution in [2.45, 2.75) is 53.1 Å². The molecule has 0 bridgehead atoms. The van der Waals surface area contributed by atoms with E-state index in [9.17, 15) is 19.2 Å². The number of rotatable bonds is 7. The second-order valence-electron chi connectivity index (χ2n) is 8.30. The normalized spacial score (nSPS) is 13.7. The molecule has 0 spiro atoms. The number of aromatic nitrogens is 3. The fraction of sp³-hybridized carbons (Fsp3) is 0.524. The average Bonchev–Trinajstić information content (AvgIpc) is 3.46. The smallest absolute Gasteiger partial charge is 0.340 e. The van der Waals surface area contributed by atoms with Crippen LogP contribution in [-0.2, 0) is 18.3 Å². The van der Waals surface area contributed by atoms with Crippen molar-refractivity contribution in [3.05, 3.63) is 49.4 Å². The predicted octanol–water partition coefficient (Wildman–Crippen LogP) is 1.58. The van der Waals surface area contributed by atoms with Gasteiger partial charge in [-0.05, 0) is 38.7 Å². The zero-order chi connectivity index (χ0) is 22.3. The topological polar surface area (TPSA) is 118 Å². The average molecular weight is 416 g/mol. The molecule has 1 fully saturated rings. The SMILES string of the molecule is Cc1cc(C(=O)OCC(=O)c2c(N)n(CC(C)C)c(=O)n(C)c2=O)c(C)n1C1CC1. The zero-order valence-corrected chi connectivity index (χ0v) is 18.0. The van der Waals surface area contributed by atoms with Crippen LogP contribution in [-0.4, -0.2) is 32.1 Å². The molecule has 30 heavy (non-hydrogen) atoms. The summed E-state index contributed by atoms with van der Waals surface area (Å²) in [6.07, 6.45) is 2.16. The van der Waals surface area contributed by atoms with Gasteiger partial charge < -0.3 is 15.0 Å². The van der Waals surface area contributed by atoms with Crippen LogP contribution in [0.15, 0.2) is 15.7 Å². The molecule has 9 nitrogen and oxygen atoms in total. The first-order valence-electron chi connectivity index (χ1n) is 10.0. The van der Waals surface area contributed by atoms with Crippen LogP contribution in [0.25, 0.3) is 0 Å². The third-order valence-electron chi connectivity index (χ3n) is 5.36. The molecule has 2 aromatic heterocycles. The van der Waals surface area contributed by atoms with Gasteiger partial charge in [-0.25, -0.2) is 9.59 Å². The van der Waals surface area contributed by atoms with Crippen LogP contribution >= 0.6 is 0 Å². The molecule has 1 saturated carbocycles. The number of ketones is 1. The number of carbonyl (C=O) groups excluding carboxylic acids is 2. The highest BCUT2D eigenvalue weighted by Gasteiger charge is 2.29. The van der Waals surface area contributed by atoms with E-state index < -0.39 is 29.6 Å². The summed E-state index contributed by atoms with van der Waals surface area (Å²) < 4.78 is 9.35. The van der Waals surface area contributed by atoms with Crippen LogP contribution in [0, 0.1) is 19.8 Å². The van der Waals surface area contributed by atoms with Gasteiger partial charge in [0.05, 0.1) is 5.56 Å². The molecular weight excluding hydrogens is 388 g/mol. The third kappa shape index (κ3) is 3.83. The molecule has 0 aromatic carbocycles. The van der Waals surface area contributed by atoms with Gasteiger partial charge in [0.2, 0.25) is 5.78 Å². The Morgan fingerprint density at radius 2 is 1.87 bits per heavy atom. The zero-order valence-electron chi connectivity index (χ0n) is 18.0. The van der Waals surface area contributed by atoms with Crippen LogP contribution in [0.5, 0.6) is 0 Å². The van der Waals surface area contributed by atoms with E-state index in [1.807, 2.05) is 27.7 Å². The van der Waals surface area contributed by atoms with E-state index in [4.69, 9.17) is 10.5 Å². The lowest BCUT2D eigenvalue weighted by atomic mass is 10.1. The van der Waals surface area contributed by atoms with E-state index in [1.54, 1.807) is 6.07 Å². The summed E-state index contributed by atoms with van der Waals surface area (Å²) in [6.45, 7) is 7.17. The fourth-order valence-corrected chi connectivity index (χ4v) is 3.75. The van der Waals surface area contributed by atoms with Crippen molar-refractivity contribution in [2.24, 2.45) is 13.0 Å². The maximum Gasteiger partial charge on any atom is 0.340 e. The van der Waals surface area contributed by atoms with Gasteiger partial charge in [-0.3, -0.25) is 18.7 Å².